The summed E-state index contributed by atoms with van der Waals surface area (Å²) in [5, 5.41) is 0. The molecule has 3 aromatic rings. The first-order valence-corrected chi connectivity index (χ1v) is 14.7. The van der Waals surface area contributed by atoms with Gasteiger partial charge in [-0.2, -0.15) is 0 Å². The van der Waals surface area contributed by atoms with Crippen molar-refractivity contribution in [3.05, 3.63) is 83.9 Å². The van der Waals surface area contributed by atoms with Crippen molar-refractivity contribution in [2.75, 3.05) is 13.2 Å². The molecule has 204 valence electrons. The normalized spacial score (nSPS) is 11.9. The Balaban J connectivity index is 1.51. The second kappa shape index (κ2) is 16.8. The summed E-state index contributed by atoms with van der Waals surface area (Å²) in [5.74, 6) is -0.257. The number of benzene rings is 3. The van der Waals surface area contributed by atoms with Gasteiger partial charge in [-0.05, 0) is 53.6 Å². The van der Waals surface area contributed by atoms with Crippen molar-refractivity contribution in [2.24, 2.45) is 0 Å². The van der Waals surface area contributed by atoms with Crippen LogP contribution < -0.4 is 0 Å². The van der Waals surface area contributed by atoms with Crippen molar-refractivity contribution < 1.29 is 14.3 Å². The zero-order valence-electron chi connectivity index (χ0n) is 23.7. The molecular weight excluding hydrogens is 468 g/mol. The van der Waals surface area contributed by atoms with E-state index < -0.39 is 0 Å². The molecule has 0 aromatic heterocycles. The van der Waals surface area contributed by atoms with E-state index in [1.165, 1.54) is 56.1 Å². The minimum atomic E-state index is -0.257. The van der Waals surface area contributed by atoms with Crippen molar-refractivity contribution in [3.8, 4) is 22.3 Å². The third-order valence-corrected chi connectivity index (χ3v) is 7.15. The number of unbranched alkanes of at least 4 members (excludes halogenated alkanes) is 8. The molecule has 1 unspecified atom stereocenters. The third-order valence-electron chi connectivity index (χ3n) is 7.15. The van der Waals surface area contributed by atoms with Crippen LogP contribution in [0.4, 0.5) is 0 Å². The molecule has 0 saturated heterocycles. The highest BCUT2D eigenvalue weighted by molar-refractivity contribution is 5.97. The summed E-state index contributed by atoms with van der Waals surface area (Å²) in [5.41, 5.74) is 6.05. The van der Waals surface area contributed by atoms with Gasteiger partial charge in [0.25, 0.3) is 0 Å². The number of hydrogen-bond acceptors (Lipinski definition) is 3. The number of rotatable bonds is 17. The molecule has 3 rings (SSSR count). The zero-order chi connectivity index (χ0) is 27.0. The summed E-state index contributed by atoms with van der Waals surface area (Å²) in [7, 11) is 0. The summed E-state index contributed by atoms with van der Waals surface area (Å²) >= 11 is 0. The van der Waals surface area contributed by atoms with E-state index in [0.29, 0.717) is 12.2 Å². The quantitative estimate of drug-likeness (QED) is 0.133. The predicted octanol–water partition coefficient (Wildman–Crippen LogP) is 10.2. The molecule has 0 aliphatic rings. The van der Waals surface area contributed by atoms with Crippen LogP contribution in [0, 0.1) is 0 Å². The van der Waals surface area contributed by atoms with E-state index in [2.05, 4.69) is 69.3 Å². The van der Waals surface area contributed by atoms with Gasteiger partial charge in [-0.3, -0.25) is 0 Å². The van der Waals surface area contributed by atoms with Crippen molar-refractivity contribution in [2.45, 2.75) is 91.1 Å². The summed E-state index contributed by atoms with van der Waals surface area (Å²) in [4.78, 5) is 12.6. The molecule has 0 fully saturated rings. The van der Waals surface area contributed by atoms with Gasteiger partial charge in [0.2, 0.25) is 0 Å². The molecule has 38 heavy (non-hydrogen) atoms. The van der Waals surface area contributed by atoms with Crippen LogP contribution >= 0.6 is 0 Å². The van der Waals surface area contributed by atoms with Crippen LogP contribution in [0.2, 0.25) is 0 Å². The maximum absolute atomic E-state index is 12.6. The number of hydrogen-bond donors (Lipinski definition) is 0. The molecule has 3 aromatic carbocycles. The highest BCUT2D eigenvalue weighted by Gasteiger charge is 2.14. The monoisotopic (exact) mass is 514 g/mol. The standard InChI is InChI=1S/C35H46O3/c1-4-6-8-9-10-11-12-15-27-37-28(3)29-18-20-30(21-19-29)31-22-24-32(25-23-31)33-16-13-14-17-34(33)35(36)38-26-7-5-2/h13-14,16-25,28H,4-12,15,26-27H2,1-3H3. The smallest absolute Gasteiger partial charge is 0.338 e. The van der Waals surface area contributed by atoms with E-state index >= 15 is 0 Å². The van der Waals surface area contributed by atoms with E-state index in [1.54, 1.807) is 0 Å². The number of esters is 1. The lowest BCUT2D eigenvalue weighted by molar-refractivity contribution is 0.0500. The topological polar surface area (TPSA) is 35.5 Å². The minimum absolute atomic E-state index is 0.101. The Bertz CT molecular complexity index is 1070. The van der Waals surface area contributed by atoms with E-state index in [9.17, 15) is 4.79 Å². The van der Waals surface area contributed by atoms with Gasteiger partial charge < -0.3 is 9.47 Å². The second-order valence-corrected chi connectivity index (χ2v) is 10.2. The Labute approximate surface area is 230 Å². The SMILES string of the molecule is CCCCCCCCCCOC(C)c1ccc(-c2ccc(-c3ccccc3C(=O)OCCCC)cc2)cc1. The molecule has 3 nitrogen and oxygen atoms in total. The lowest BCUT2D eigenvalue weighted by atomic mass is 9.96. The first-order chi connectivity index (χ1) is 18.6. The van der Waals surface area contributed by atoms with Crippen LogP contribution in [0.3, 0.4) is 0 Å². The average molecular weight is 515 g/mol. The maximum atomic E-state index is 12.6. The fourth-order valence-corrected chi connectivity index (χ4v) is 4.68. The van der Waals surface area contributed by atoms with Gasteiger partial charge in [0.05, 0.1) is 18.3 Å². The van der Waals surface area contributed by atoms with E-state index in [1.807, 2.05) is 24.3 Å². The number of carbonyl (C=O) groups excluding carboxylic acids is 1. The summed E-state index contributed by atoms with van der Waals surface area (Å²) in [6.45, 7) is 7.78. The van der Waals surface area contributed by atoms with Crippen LogP contribution in [0.1, 0.15) is 107 Å². The molecule has 0 heterocycles. The molecule has 0 saturated carbocycles. The van der Waals surface area contributed by atoms with Crippen molar-refractivity contribution >= 4 is 5.97 Å². The largest absolute Gasteiger partial charge is 0.462 e. The highest BCUT2D eigenvalue weighted by Crippen LogP contribution is 2.29. The van der Waals surface area contributed by atoms with Crippen LogP contribution in [0.15, 0.2) is 72.8 Å². The van der Waals surface area contributed by atoms with Gasteiger partial charge in [-0.25, -0.2) is 4.79 Å². The Morgan fingerprint density at radius 3 is 1.84 bits per heavy atom. The fourth-order valence-electron chi connectivity index (χ4n) is 4.68. The van der Waals surface area contributed by atoms with Crippen LogP contribution in [0.25, 0.3) is 22.3 Å². The summed E-state index contributed by atoms with van der Waals surface area (Å²) < 4.78 is 11.6. The summed E-state index contributed by atoms with van der Waals surface area (Å²) in [6.07, 6.45) is 12.5. The average Bonchev–Trinajstić information content (AvgIpc) is 2.96. The molecule has 0 spiro atoms. The Morgan fingerprint density at radius 1 is 0.632 bits per heavy atom. The Kier molecular flexibility index (Phi) is 13.1. The third kappa shape index (κ3) is 9.44. The van der Waals surface area contributed by atoms with Crippen molar-refractivity contribution in [1.82, 2.24) is 0 Å². The summed E-state index contributed by atoms with van der Waals surface area (Å²) in [6, 6.07) is 24.7. The molecule has 1 atom stereocenters. The molecule has 0 radical (unpaired) electrons. The molecule has 0 aliphatic heterocycles. The van der Waals surface area contributed by atoms with Gasteiger partial charge in [0.15, 0.2) is 0 Å². The molecular formula is C35H46O3. The van der Waals surface area contributed by atoms with Crippen molar-refractivity contribution in [1.29, 1.82) is 0 Å². The Morgan fingerprint density at radius 2 is 1.18 bits per heavy atom. The number of ether oxygens (including phenoxy) is 2. The minimum Gasteiger partial charge on any atom is -0.462 e. The molecule has 0 aliphatic carbocycles. The van der Waals surface area contributed by atoms with Crippen LogP contribution in [0.5, 0.6) is 0 Å². The van der Waals surface area contributed by atoms with Gasteiger partial charge >= 0.3 is 5.97 Å². The lowest BCUT2D eigenvalue weighted by Gasteiger charge is -2.14. The fraction of sp³-hybridized carbons (Fsp3) is 0.457. The van der Waals surface area contributed by atoms with Gasteiger partial charge in [0, 0.05) is 6.61 Å². The van der Waals surface area contributed by atoms with E-state index in [0.717, 1.165) is 42.6 Å². The van der Waals surface area contributed by atoms with Crippen LogP contribution in [-0.2, 0) is 9.47 Å². The first-order valence-electron chi connectivity index (χ1n) is 14.7. The van der Waals surface area contributed by atoms with Crippen molar-refractivity contribution in [3.63, 3.8) is 0 Å². The number of carbonyl (C=O) groups is 1. The zero-order valence-corrected chi connectivity index (χ0v) is 23.7. The Hall–Kier alpha value is -2.91. The van der Waals surface area contributed by atoms with Gasteiger partial charge in [0.1, 0.15) is 0 Å². The molecule has 0 bridgehead atoms. The highest BCUT2D eigenvalue weighted by atomic mass is 16.5. The molecule has 0 amide bonds. The second-order valence-electron chi connectivity index (χ2n) is 10.2. The first kappa shape index (κ1) is 29.6. The maximum Gasteiger partial charge on any atom is 0.338 e. The lowest BCUT2D eigenvalue weighted by Crippen LogP contribution is -2.07. The van der Waals surface area contributed by atoms with E-state index in [-0.39, 0.29) is 12.1 Å². The molecule has 3 heteroatoms. The van der Waals surface area contributed by atoms with E-state index in [4.69, 9.17) is 9.47 Å². The van der Waals surface area contributed by atoms with Crippen LogP contribution in [-0.4, -0.2) is 19.2 Å². The predicted molar refractivity (Wildman–Crippen MR) is 159 cm³/mol. The molecule has 0 N–H and O–H groups in total. The van der Waals surface area contributed by atoms with Gasteiger partial charge in [-0.1, -0.05) is 132 Å². The van der Waals surface area contributed by atoms with Gasteiger partial charge in [-0.15, -0.1) is 0 Å².